The predicted octanol–water partition coefficient (Wildman–Crippen LogP) is 14.4. The number of hydrogen-bond donors (Lipinski definition) is 0. The van der Waals surface area contributed by atoms with Gasteiger partial charge >= 0.3 is 0 Å². The summed E-state index contributed by atoms with van der Waals surface area (Å²) in [6.07, 6.45) is 35.0. The summed E-state index contributed by atoms with van der Waals surface area (Å²) >= 11 is 3.39. The van der Waals surface area contributed by atoms with Gasteiger partial charge in [0, 0.05) is 16.3 Å². The largest absolute Gasteiger partial charge is 0.265 e. The van der Waals surface area contributed by atoms with E-state index >= 15 is 0 Å². The lowest BCUT2D eigenvalue weighted by Crippen LogP contribution is -2.37. The van der Waals surface area contributed by atoms with E-state index < -0.39 is 10.0 Å². The summed E-state index contributed by atoms with van der Waals surface area (Å²) in [4.78, 5) is 4.94. The molecule has 6 heteroatoms. The zero-order chi connectivity index (χ0) is 33.0. The van der Waals surface area contributed by atoms with E-state index in [9.17, 15) is 8.42 Å². The highest BCUT2D eigenvalue weighted by Crippen LogP contribution is 2.51. The minimum Gasteiger partial charge on any atom is -0.264 e. The Kier molecular flexibility index (Phi) is 19.6. The minimum absolute atomic E-state index is 0.426. The molecule has 0 aliphatic carbocycles. The summed E-state index contributed by atoms with van der Waals surface area (Å²) in [6, 6.07) is 4.03. The lowest BCUT2D eigenvalue weighted by Gasteiger charge is -2.32. The lowest BCUT2D eigenvalue weighted by atomic mass is 9.93. The first-order valence-corrected chi connectivity index (χ1v) is 22.7. The zero-order valence-electron chi connectivity index (χ0n) is 30.3. The Labute approximate surface area is 293 Å². The van der Waals surface area contributed by atoms with Crippen molar-refractivity contribution in [2.75, 3.05) is 10.8 Å². The van der Waals surface area contributed by atoms with Gasteiger partial charge in [0.1, 0.15) is 4.90 Å². The molecule has 0 saturated heterocycles. The average molecular weight is 692 g/mol. The third kappa shape index (κ3) is 13.6. The minimum atomic E-state index is -3.52. The standard InChI is InChI=1S/C40H69NO2S3/c1-5-7-9-11-13-15-17-19-21-23-25-27-29-36(30-28-26-24-22-20-18-16-14-12-10-8-6-2)33-41-37-31-34(3)44-39(37)40-38(46(41,42)43)32-35(4)45-40/h31-32,36H,5-30,33H2,1-4H3. The summed E-state index contributed by atoms with van der Waals surface area (Å²) in [7, 11) is -3.52. The number of unbranched alkanes of at least 4 members (excludes halogenated alkanes) is 22. The highest BCUT2D eigenvalue weighted by molar-refractivity contribution is 7.93. The Morgan fingerprint density at radius 1 is 0.543 bits per heavy atom. The molecule has 0 N–H and O–H groups in total. The third-order valence-corrected chi connectivity index (χ3v) is 14.2. The molecular formula is C40H69NO2S3. The van der Waals surface area contributed by atoms with Crippen molar-refractivity contribution in [3.63, 3.8) is 0 Å². The second kappa shape index (κ2) is 22.7. The van der Waals surface area contributed by atoms with Gasteiger partial charge in [0.05, 0.1) is 15.4 Å². The van der Waals surface area contributed by atoms with Crippen molar-refractivity contribution in [2.45, 2.75) is 200 Å². The van der Waals surface area contributed by atoms with E-state index in [0.29, 0.717) is 17.4 Å². The molecule has 0 radical (unpaired) electrons. The molecule has 264 valence electrons. The van der Waals surface area contributed by atoms with Gasteiger partial charge in [-0.05, 0) is 44.7 Å². The number of thiophene rings is 2. The Bertz CT molecular complexity index is 1150. The maximum atomic E-state index is 14.0. The van der Waals surface area contributed by atoms with Crippen molar-refractivity contribution in [3.05, 3.63) is 21.9 Å². The van der Waals surface area contributed by atoms with Crippen LogP contribution in [0.3, 0.4) is 0 Å². The Balaban J connectivity index is 1.46. The molecule has 0 fully saturated rings. The van der Waals surface area contributed by atoms with Crippen molar-refractivity contribution in [3.8, 4) is 9.75 Å². The number of fused-ring (bicyclic) bond motifs is 3. The summed E-state index contributed by atoms with van der Waals surface area (Å²) in [5.74, 6) is 0.426. The lowest BCUT2D eigenvalue weighted by molar-refractivity contribution is 0.408. The fourth-order valence-electron chi connectivity index (χ4n) is 7.24. The number of rotatable bonds is 28. The van der Waals surface area contributed by atoms with Crippen molar-refractivity contribution in [1.29, 1.82) is 0 Å². The molecule has 0 amide bonds. The van der Waals surface area contributed by atoms with Gasteiger partial charge in [0.2, 0.25) is 0 Å². The van der Waals surface area contributed by atoms with Crippen LogP contribution in [0.5, 0.6) is 0 Å². The molecule has 1 aliphatic rings. The maximum absolute atomic E-state index is 14.0. The first kappa shape index (κ1) is 39.6. The SMILES string of the molecule is CCCCCCCCCCCCCCC(CCCCCCCCCCCCCC)CN1c2cc(C)sc2-c2sc(C)cc2S1(=O)=O. The molecule has 2 aromatic rings. The second-order valence-electron chi connectivity index (χ2n) is 14.4. The molecule has 1 aliphatic heterocycles. The van der Waals surface area contributed by atoms with Gasteiger partial charge in [-0.3, -0.25) is 4.31 Å². The Hall–Kier alpha value is -0.850. The van der Waals surface area contributed by atoms with Crippen LogP contribution in [-0.4, -0.2) is 15.0 Å². The quantitative estimate of drug-likeness (QED) is 0.0833. The van der Waals surface area contributed by atoms with Crippen LogP contribution in [-0.2, 0) is 10.0 Å². The third-order valence-electron chi connectivity index (χ3n) is 10.1. The summed E-state index contributed by atoms with van der Waals surface area (Å²) in [5.41, 5.74) is 0.936. The fraction of sp³-hybridized carbons (Fsp3) is 0.800. The van der Waals surface area contributed by atoms with Gasteiger partial charge in [-0.25, -0.2) is 8.42 Å². The molecule has 0 aromatic carbocycles. The van der Waals surface area contributed by atoms with E-state index in [1.54, 1.807) is 22.7 Å². The van der Waals surface area contributed by atoms with Crippen LogP contribution in [0.2, 0.25) is 0 Å². The molecule has 0 unspecified atom stereocenters. The van der Waals surface area contributed by atoms with Crippen LogP contribution in [0.25, 0.3) is 9.75 Å². The summed E-state index contributed by atoms with van der Waals surface area (Å²) in [6.45, 7) is 9.36. The van der Waals surface area contributed by atoms with Gasteiger partial charge in [0.15, 0.2) is 0 Å². The van der Waals surface area contributed by atoms with E-state index in [1.165, 1.54) is 159 Å². The Morgan fingerprint density at radius 2 is 0.913 bits per heavy atom. The van der Waals surface area contributed by atoms with Gasteiger partial charge in [0.25, 0.3) is 10.0 Å². The van der Waals surface area contributed by atoms with Gasteiger partial charge < -0.3 is 0 Å². The molecule has 0 spiro atoms. The van der Waals surface area contributed by atoms with Crippen molar-refractivity contribution >= 4 is 38.4 Å². The number of nitrogens with zero attached hydrogens (tertiary/aromatic N) is 1. The molecule has 2 aromatic heterocycles. The van der Waals surface area contributed by atoms with E-state index in [4.69, 9.17) is 0 Å². The highest BCUT2D eigenvalue weighted by atomic mass is 32.2. The van der Waals surface area contributed by atoms with Crippen LogP contribution in [0.4, 0.5) is 5.69 Å². The van der Waals surface area contributed by atoms with E-state index in [0.717, 1.165) is 33.2 Å². The molecule has 46 heavy (non-hydrogen) atoms. The van der Waals surface area contributed by atoms with Gasteiger partial charge in [-0.2, -0.15) is 0 Å². The van der Waals surface area contributed by atoms with E-state index in [2.05, 4.69) is 26.8 Å². The van der Waals surface area contributed by atoms with Crippen LogP contribution < -0.4 is 4.31 Å². The molecule has 0 bridgehead atoms. The second-order valence-corrected chi connectivity index (χ2v) is 18.7. The van der Waals surface area contributed by atoms with Crippen LogP contribution >= 0.6 is 22.7 Å². The smallest absolute Gasteiger partial charge is 0.264 e. The van der Waals surface area contributed by atoms with Crippen LogP contribution in [0.15, 0.2) is 17.0 Å². The van der Waals surface area contributed by atoms with E-state index in [1.807, 2.05) is 17.3 Å². The van der Waals surface area contributed by atoms with Crippen LogP contribution in [0, 0.1) is 19.8 Å². The zero-order valence-corrected chi connectivity index (χ0v) is 32.8. The fourth-order valence-corrected chi connectivity index (χ4v) is 11.7. The average Bonchev–Trinajstić information content (AvgIpc) is 3.62. The monoisotopic (exact) mass is 691 g/mol. The number of sulfonamides is 1. The molecule has 3 nitrogen and oxygen atoms in total. The first-order valence-electron chi connectivity index (χ1n) is 19.6. The molecular weight excluding hydrogens is 623 g/mol. The number of aryl methyl sites for hydroxylation is 2. The Morgan fingerprint density at radius 3 is 1.35 bits per heavy atom. The number of hydrogen-bond acceptors (Lipinski definition) is 4. The van der Waals surface area contributed by atoms with E-state index in [-0.39, 0.29) is 0 Å². The van der Waals surface area contributed by atoms with Crippen LogP contribution in [0.1, 0.15) is 191 Å². The predicted molar refractivity (Wildman–Crippen MR) is 207 cm³/mol. The topological polar surface area (TPSA) is 37.4 Å². The summed E-state index contributed by atoms with van der Waals surface area (Å²) in [5, 5.41) is 0. The summed E-state index contributed by atoms with van der Waals surface area (Å²) < 4.78 is 29.8. The molecule has 3 rings (SSSR count). The normalized spacial score (nSPS) is 13.9. The molecule has 0 atom stereocenters. The highest BCUT2D eigenvalue weighted by Gasteiger charge is 2.38. The molecule has 3 heterocycles. The molecule has 0 saturated carbocycles. The van der Waals surface area contributed by atoms with Crippen molar-refractivity contribution in [2.24, 2.45) is 5.92 Å². The van der Waals surface area contributed by atoms with Gasteiger partial charge in [-0.1, -0.05) is 168 Å². The van der Waals surface area contributed by atoms with Crippen molar-refractivity contribution < 1.29 is 8.42 Å². The number of anilines is 1. The van der Waals surface area contributed by atoms with Gasteiger partial charge in [-0.15, -0.1) is 22.7 Å². The first-order chi connectivity index (χ1) is 22.4. The maximum Gasteiger partial charge on any atom is 0.265 e. The van der Waals surface area contributed by atoms with Crippen molar-refractivity contribution in [1.82, 2.24) is 0 Å².